The molecule has 1 aromatic heterocycles. The SMILES string of the molecule is COC(=O)CCc1c(C(=O)OC(C)(C)C)[nH]c([13CH2]C(=O)OCc2ccccc2)c1C. The van der Waals surface area contributed by atoms with Gasteiger partial charge in [-0.15, -0.1) is 0 Å². The quantitative estimate of drug-likeness (QED) is 0.401. The molecule has 0 unspecified atom stereocenters. The lowest BCUT2D eigenvalue weighted by molar-refractivity contribution is -0.144. The lowest BCUT2D eigenvalue weighted by Crippen LogP contribution is -2.25. The van der Waals surface area contributed by atoms with Crippen molar-refractivity contribution in [1.82, 2.24) is 4.98 Å². The van der Waals surface area contributed by atoms with E-state index in [0.29, 0.717) is 17.7 Å². The molecule has 0 fully saturated rings. The minimum absolute atomic E-state index is 0.0211. The summed E-state index contributed by atoms with van der Waals surface area (Å²) in [7, 11) is 1.31. The Kier molecular flexibility index (Phi) is 7.80. The topological polar surface area (TPSA) is 94.7 Å². The van der Waals surface area contributed by atoms with E-state index in [0.717, 1.165) is 11.1 Å². The van der Waals surface area contributed by atoms with Crippen LogP contribution in [0.25, 0.3) is 0 Å². The lowest BCUT2D eigenvalue weighted by atomic mass is 10.0. The zero-order valence-electron chi connectivity index (χ0n) is 18.2. The second-order valence-corrected chi connectivity index (χ2v) is 7.98. The third-order valence-electron chi connectivity index (χ3n) is 4.46. The molecule has 2 rings (SSSR count). The molecule has 0 atom stereocenters. The molecule has 0 spiro atoms. The maximum atomic E-state index is 12.7. The number of methoxy groups -OCH3 is 1. The van der Waals surface area contributed by atoms with Crippen LogP contribution in [0.5, 0.6) is 0 Å². The molecule has 162 valence electrons. The lowest BCUT2D eigenvalue weighted by Gasteiger charge is -2.19. The first kappa shape index (κ1) is 23.2. The van der Waals surface area contributed by atoms with Crippen LogP contribution >= 0.6 is 0 Å². The zero-order chi connectivity index (χ0) is 22.3. The third kappa shape index (κ3) is 6.76. The Hall–Kier alpha value is -3.09. The number of aromatic amines is 1. The Morgan fingerprint density at radius 3 is 2.30 bits per heavy atom. The molecule has 7 nitrogen and oxygen atoms in total. The van der Waals surface area contributed by atoms with E-state index >= 15 is 0 Å². The van der Waals surface area contributed by atoms with Crippen molar-refractivity contribution in [3.8, 4) is 0 Å². The molecule has 0 aliphatic carbocycles. The van der Waals surface area contributed by atoms with Crippen molar-refractivity contribution in [2.75, 3.05) is 7.11 Å². The van der Waals surface area contributed by atoms with Gasteiger partial charge in [-0.3, -0.25) is 9.59 Å². The number of rotatable bonds is 8. The standard InChI is InChI=1S/C23H29NO6/c1-15-17(11-12-19(25)28-5)21(22(27)30-23(2,3)4)24-18(15)13-20(26)29-14-16-9-7-6-8-10-16/h6-10,24H,11-14H2,1-5H3/i13+1. The smallest absolute Gasteiger partial charge is 0.355 e. The van der Waals surface area contributed by atoms with Crippen molar-refractivity contribution in [3.63, 3.8) is 0 Å². The average molecular weight is 416 g/mol. The van der Waals surface area contributed by atoms with Crippen LogP contribution in [0.15, 0.2) is 30.3 Å². The van der Waals surface area contributed by atoms with E-state index in [1.54, 1.807) is 27.7 Å². The predicted octanol–water partition coefficient (Wildman–Crippen LogP) is 3.67. The Morgan fingerprint density at radius 2 is 1.70 bits per heavy atom. The number of carbonyl (C=O) groups is 3. The molecule has 0 aliphatic heterocycles. The molecular weight excluding hydrogens is 387 g/mol. The minimum Gasteiger partial charge on any atom is -0.469 e. The molecule has 7 heteroatoms. The van der Waals surface area contributed by atoms with E-state index in [1.165, 1.54) is 7.11 Å². The van der Waals surface area contributed by atoms with E-state index in [2.05, 4.69) is 4.98 Å². The Labute approximate surface area is 176 Å². The van der Waals surface area contributed by atoms with Gasteiger partial charge < -0.3 is 19.2 Å². The van der Waals surface area contributed by atoms with E-state index in [-0.39, 0.29) is 31.1 Å². The summed E-state index contributed by atoms with van der Waals surface area (Å²) in [6, 6.07) is 9.39. The number of benzene rings is 1. The first-order chi connectivity index (χ1) is 14.1. The summed E-state index contributed by atoms with van der Waals surface area (Å²) in [5.74, 6) is -1.33. The highest BCUT2D eigenvalue weighted by Gasteiger charge is 2.26. The number of hydrogen-bond donors (Lipinski definition) is 1. The summed E-state index contributed by atoms with van der Waals surface area (Å²) in [5.41, 5.74) is 2.40. The predicted molar refractivity (Wildman–Crippen MR) is 111 cm³/mol. The highest BCUT2D eigenvalue weighted by Crippen LogP contribution is 2.24. The first-order valence-corrected chi connectivity index (χ1v) is 9.80. The van der Waals surface area contributed by atoms with Crippen LogP contribution in [0.3, 0.4) is 0 Å². The summed E-state index contributed by atoms with van der Waals surface area (Å²) in [6.45, 7) is 7.30. The summed E-state index contributed by atoms with van der Waals surface area (Å²) in [5, 5.41) is 0. The molecule has 0 bridgehead atoms. The van der Waals surface area contributed by atoms with Gasteiger partial charge in [-0.25, -0.2) is 4.79 Å². The van der Waals surface area contributed by atoms with Crippen molar-refractivity contribution < 1.29 is 28.6 Å². The molecule has 1 heterocycles. The van der Waals surface area contributed by atoms with Gasteiger partial charge in [-0.05, 0) is 50.8 Å². The van der Waals surface area contributed by atoms with Crippen LogP contribution in [0, 0.1) is 6.92 Å². The molecule has 0 aliphatic rings. The number of nitrogens with one attached hydrogen (secondary N) is 1. The van der Waals surface area contributed by atoms with Crippen molar-refractivity contribution >= 4 is 17.9 Å². The molecular formula is C23H29NO6. The normalized spacial score (nSPS) is 11.1. The van der Waals surface area contributed by atoms with Gasteiger partial charge in [-0.1, -0.05) is 30.3 Å². The monoisotopic (exact) mass is 416 g/mol. The minimum atomic E-state index is -0.676. The second kappa shape index (κ2) is 10.1. The number of carbonyl (C=O) groups excluding carboxylic acids is 3. The highest BCUT2D eigenvalue weighted by atomic mass is 16.6. The van der Waals surface area contributed by atoms with Crippen LogP contribution in [0.1, 0.15) is 60.1 Å². The number of ether oxygens (including phenoxy) is 3. The van der Waals surface area contributed by atoms with Gasteiger partial charge in [0.2, 0.25) is 0 Å². The molecule has 0 saturated heterocycles. The fourth-order valence-corrected chi connectivity index (χ4v) is 2.94. The maximum absolute atomic E-state index is 12.7. The Bertz CT molecular complexity index is 892. The maximum Gasteiger partial charge on any atom is 0.355 e. The molecule has 0 saturated carbocycles. The van der Waals surface area contributed by atoms with Crippen LogP contribution in [0.2, 0.25) is 0 Å². The summed E-state index contributed by atoms with van der Waals surface area (Å²) >= 11 is 0. The zero-order valence-corrected chi connectivity index (χ0v) is 18.2. The molecule has 30 heavy (non-hydrogen) atoms. The molecule has 0 amide bonds. The first-order valence-electron chi connectivity index (χ1n) is 9.80. The van der Waals surface area contributed by atoms with Crippen molar-refractivity contribution in [2.24, 2.45) is 0 Å². The van der Waals surface area contributed by atoms with Gasteiger partial charge in [0.25, 0.3) is 0 Å². The van der Waals surface area contributed by atoms with Gasteiger partial charge in [0.15, 0.2) is 0 Å². The number of esters is 3. The highest BCUT2D eigenvalue weighted by molar-refractivity contribution is 5.91. The summed E-state index contributed by atoms with van der Waals surface area (Å²) in [4.78, 5) is 39.6. The van der Waals surface area contributed by atoms with Crippen LogP contribution < -0.4 is 0 Å². The van der Waals surface area contributed by atoms with E-state index < -0.39 is 17.5 Å². The van der Waals surface area contributed by atoms with Crippen molar-refractivity contribution in [1.29, 1.82) is 0 Å². The van der Waals surface area contributed by atoms with Gasteiger partial charge in [-0.2, -0.15) is 0 Å². The largest absolute Gasteiger partial charge is 0.469 e. The number of aromatic nitrogens is 1. The molecule has 2 aromatic rings. The Balaban J connectivity index is 2.18. The van der Waals surface area contributed by atoms with E-state index in [9.17, 15) is 14.4 Å². The van der Waals surface area contributed by atoms with Crippen molar-refractivity contribution in [2.45, 2.75) is 59.2 Å². The Morgan fingerprint density at radius 1 is 1.03 bits per heavy atom. The fraction of sp³-hybridized carbons (Fsp3) is 0.435. The van der Waals surface area contributed by atoms with E-state index in [1.807, 2.05) is 30.3 Å². The van der Waals surface area contributed by atoms with Crippen molar-refractivity contribution in [3.05, 3.63) is 58.4 Å². The van der Waals surface area contributed by atoms with Gasteiger partial charge in [0.05, 0.1) is 13.5 Å². The van der Waals surface area contributed by atoms with Gasteiger partial charge in [0.1, 0.15) is 17.9 Å². The van der Waals surface area contributed by atoms with Crippen LogP contribution in [-0.2, 0) is 43.2 Å². The van der Waals surface area contributed by atoms with Gasteiger partial charge >= 0.3 is 17.9 Å². The van der Waals surface area contributed by atoms with Crippen LogP contribution in [-0.4, -0.2) is 35.6 Å². The average Bonchev–Trinajstić information content (AvgIpc) is 2.99. The molecule has 1 N–H and O–H groups in total. The second-order valence-electron chi connectivity index (χ2n) is 7.98. The summed E-state index contributed by atoms with van der Waals surface area (Å²) < 4.78 is 15.5. The molecule has 1 aromatic carbocycles. The third-order valence-corrected chi connectivity index (χ3v) is 4.46. The van der Waals surface area contributed by atoms with Gasteiger partial charge in [0, 0.05) is 12.1 Å². The summed E-state index contributed by atoms with van der Waals surface area (Å²) in [6.07, 6.45) is 0.387. The van der Waals surface area contributed by atoms with Crippen LogP contribution in [0.4, 0.5) is 0 Å². The van der Waals surface area contributed by atoms with E-state index in [4.69, 9.17) is 14.2 Å². The molecule has 0 radical (unpaired) electrons. The number of hydrogen-bond acceptors (Lipinski definition) is 6. The number of H-pyrrole nitrogens is 1. The fourth-order valence-electron chi connectivity index (χ4n) is 2.94.